The maximum atomic E-state index is 13.7. The van der Waals surface area contributed by atoms with Gasteiger partial charge in [-0.15, -0.1) is 0 Å². The number of hydrogen-bond donors (Lipinski definition) is 1. The van der Waals surface area contributed by atoms with E-state index >= 15 is 0 Å². The number of halogens is 1. The van der Waals surface area contributed by atoms with Gasteiger partial charge in [0, 0.05) is 31.4 Å². The third-order valence-corrected chi connectivity index (χ3v) is 4.33. The summed E-state index contributed by atoms with van der Waals surface area (Å²) in [6, 6.07) is 4.11. The second-order valence-electron chi connectivity index (χ2n) is 5.81. The Bertz CT molecular complexity index is 902. The second-order valence-corrected chi connectivity index (χ2v) is 5.81. The van der Waals surface area contributed by atoms with Crippen LogP contribution < -0.4 is 5.32 Å². The van der Waals surface area contributed by atoms with Crippen LogP contribution >= 0.6 is 0 Å². The van der Waals surface area contributed by atoms with Gasteiger partial charge in [0.15, 0.2) is 11.4 Å². The van der Waals surface area contributed by atoms with Crippen molar-refractivity contribution < 1.29 is 18.3 Å². The van der Waals surface area contributed by atoms with Gasteiger partial charge < -0.3 is 19.0 Å². The van der Waals surface area contributed by atoms with Gasteiger partial charge in [0.25, 0.3) is 5.91 Å². The van der Waals surface area contributed by atoms with Gasteiger partial charge in [-0.1, -0.05) is 0 Å². The monoisotopic (exact) mass is 329 g/mol. The van der Waals surface area contributed by atoms with E-state index in [0.29, 0.717) is 24.0 Å². The molecule has 1 aliphatic heterocycles. The average Bonchev–Trinajstić information content (AvgIpc) is 3.28. The molecule has 1 fully saturated rings. The highest BCUT2D eigenvalue weighted by Crippen LogP contribution is 2.29. The molecule has 6 nitrogen and oxygen atoms in total. The highest BCUT2D eigenvalue weighted by Gasteiger charge is 2.34. The van der Waals surface area contributed by atoms with Crippen molar-refractivity contribution in [3.63, 3.8) is 0 Å². The molecular weight excluding hydrogens is 313 g/mol. The van der Waals surface area contributed by atoms with E-state index in [9.17, 15) is 9.18 Å². The number of carbonyl (C=O) groups is 1. The van der Waals surface area contributed by atoms with Crippen LogP contribution in [0.25, 0.3) is 11.0 Å². The number of aryl methyl sites for hydroxylation is 1. The Balaban J connectivity index is 1.60. The molecule has 24 heavy (non-hydrogen) atoms. The fraction of sp³-hybridized carbons (Fsp3) is 0.294. The van der Waals surface area contributed by atoms with E-state index in [1.807, 2.05) is 17.8 Å². The summed E-state index contributed by atoms with van der Waals surface area (Å²) in [6.45, 7) is 0.549. The molecule has 0 aliphatic carbocycles. The first-order valence-corrected chi connectivity index (χ1v) is 7.70. The maximum Gasteiger partial charge on any atom is 0.252 e. The second kappa shape index (κ2) is 5.76. The molecule has 0 bridgehead atoms. The topological polar surface area (TPSA) is 69.3 Å². The van der Waals surface area contributed by atoms with Gasteiger partial charge in [0.05, 0.1) is 17.9 Å². The largest absolute Gasteiger partial charge is 0.461 e. The first-order chi connectivity index (χ1) is 11.6. The minimum atomic E-state index is -0.485. The molecule has 3 heterocycles. The summed E-state index contributed by atoms with van der Waals surface area (Å²) < 4.78 is 26.4. The Kier molecular flexibility index (Phi) is 3.57. The summed E-state index contributed by atoms with van der Waals surface area (Å²) in [5.41, 5.74) is 0.469. The number of ether oxygens (including phenoxy) is 1. The normalized spacial score (nSPS) is 20.6. The smallest absolute Gasteiger partial charge is 0.252 e. The van der Waals surface area contributed by atoms with Crippen molar-refractivity contribution in [2.45, 2.75) is 18.6 Å². The zero-order valence-corrected chi connectivity index (χ0v) is 13.0. The summed E-state index contributed by atoms with van der Waals surface area (Å²) in [5.74, 6) is 0.00288. The lowest BCUT2D eigenvalue weighted by molar-refractivity contribution is 0.0780. The van der Waals surface area contributed by atoms with Crippen molar-refractivity contribution in [2.75, 3.05) is 6.61 Å². The van der Waals surface area contributed by atoms with Gasteiger partial charge >= 0.3 is 0 Å². The van der Waals surface area contributed by atoms with Gasteiger partial charge in [0.1, 0.15) is 11.9 Å². The highest BCUT2D eigenvalue weighted by molar-refractivity contribution is 6.06. The van der Waals surface area contributed by atoms with E-state index in [1.165, 1.54) is 18.4 Å². The lowest BCUT2D eigenvalue weighted by Gasteiger charge is -2.19. The number of rotatable bonds is 3. The molecule has 4 rings (SSSR count). The maximum absolute atomic E-state index is 13.7. The number of fused-ring (bicyclic) bond motifs is 1. The summed E-state index contributed by atoms with van der Waals surface area (Å²) >= 11 is 0. The summed E-state index contributed by atoms with van der Waals surface area (Å²) in [4.78, 5) is 17.0. The van der Waals surface area contributed by atoms with Crippen molar-refractivity contribution in [2.24, 2.45) is 7.05 Å². The molecule has 2 aromatic heterocycles. The Morgan fingerprint density at radius 3 is 3.08 bits per heavy atom. The standard InChI is InChI=1S/C17H16FN3O3/c1-21-7-6-19-16(21)15-13(5-9-24-15)20-17(22)11-2-3-12(18)14-10(11)4-8-23-14/h2-4,6-8,13,15H,5,9H2,1H3,(H,20,22)/t13-,15-/m1/s1. The Hall–Kier alpha value is -2.67. The van der Waals surface area contributed by atoms with E-state index in [0.717, 1.165) is 5.82 Å². The van der Waals surface area contributed by atoms with Crippen LogP contribution in [0.1, 0.15) is 28.7 Å². The molecule has 1 N–H and O–H groups in total. The Morgan fingerprint density at radius 2 is 2.29 bits per heavy atom. The van der Waals surface area contributed by atoms with E-state index in [-0.39, 0.29) is 23.6 Å². The fourth-order valence-corrected chi connectivity index (χ4v) is 3.12. The quantitative estimate of drug-likeness (QED) is 0.802. The zero-order chi connectivity index (χ0) is 16.7. The molecule has 0 saturated carbocycles. The van der Waals surface area contributed by atoms with Crippen molar-refractivity contribution in [1.29, 1.82) is 0 Å². The van der Waals surface area contributed by atoms with E-state index in [4.69, 9.17) is 9.15 Å². The number of carbonyl (C=O) groups excluding carboxylic acids is 1. The average molecular weight is 329 g/mol. The third kappa shape index (κ3) is 2.37. The van der Waals surface area contributed by atoms with Crippen molar-refractivity contribution in [3.8, 4) is 0 Å². The van der Waals surface area contributed by atoms with Gasteiger partial charge in [-0.05, 0) is 24.6 Å². The van der Waals surface area contributed by atoms with Gasteiger partial charge in [-0.2, -0.15) is 0 Å². The Labute approximate surface area is 137 Å². The van der Waals surface area contributed by atoms with Crippen molar-refractivity contribution in [1.82, 2.24) is 14.9 Å². The molecule has 124 valence electrons. The highest BCUT2D eigenvalue weighted by atomic mass is 19.1. The molecule has 0 spiro atoms. The number of amides is 1. The van der Waals surface area contributed by atoms with Crippen LogP contribution in [0.3, 0.4) is 0 Å². The van der Waals surface area contributed by atoms with E-state index in [1.54, 1.807) is 12.3 Å². The van der Waals surface area contributed by atoms with Gasteiger partial charge in [0.2, 0.25) is 0 Å². The number of aromatic nitrogens is 2. The molecule has 1 amide bonds. The van der Waals surface area contributed by atoms with Gasteiger partial charge in [-0.3, -0.25) is 4.79 Å². The van der Waals surface area contributed by atoms with Crippen molar-refractivity contribution in [3.05, 3.63) is 54.1 Å². The van der Waals surface area contributed by atoms with Gasteiger partial charge in [-0.25, -0.2) is 9.37 Å². The molecule has 3 aromatic rings. The first-order valence-electron chi connectivity index (χ1n) is 7.70. The number of nitrogens with zero attached hydrogens (tertiary/aromatic N) is 2. The van der Waals surface area contributed by atoms with Crippen LogP contribution in [-0.2, 0) is 11.8 Å². The summed E-state index contributed by atoms with van der Waals surface area (Å²) in [5, 5.41) is 3.44. The predicted octanol–water partition coefficient (Wildman–Crippen LogP) is 2.57. The van der Waals surface area contributed by atoms with Crippen LogP contribution in [-0.4, -0.2) is 28.1 Å². The molecule has 1 saturated heterocycles. The lowest BCUT2D eigenvalue weighted by Crippen LogP contribution is -2.37. The van der Waals surface area contributed by atoms with E-state index < -0.39 is 5.82 Å². The van der Waals surface area contributed by atoms with Crippen LogP contribution in [0.5, 0.6) is 0 Å². The molecular formula is C17H16FN3O3. The number of hydrogen-bond acceptors (Lipinski definition) is 4. The molecule has 2 atom stereocenters. The SMILES string of the molecule is Cn1ccnc1[C@@H]1OCC[C@H]1NC(=O)c1ccc(F)c2occc12. The summed E-state index contributed by atoms with van der Waals surface area (Å²) in [7, 11) is 1.89. The molecule has 7 heteroatoms. The number of furan rings is 1. The van der Waals surface area contributed by atoms with E-state index in [2.05, 4.69) is 10.3 Å². The predicted molar refractivity (Wildman–Crippen MR) is 83.9 cm³/mol. The number of nitrogens with one attached hydrogen (secondary N) is 1. The van der Waals surface area contributed by atoms with Crippen LogP contribution in [0, 0.1) is 5.82 Å². The number of imidazole rings is 1. The van der Waals surface area contributed by atoms with Crippen LogP contribution in [0.4, 0.5) is 4.39 Å². The fourth-order valence-electron chi connectivity index (χ4n) is 3.12. The zero-order valence-electron chi connectivity index (χ0n) is 13.0. The summed E-state index contributed by atoms with van der Waals surface area (Å²) in [6.07, 6.45) is 5.31. The van der Waals surface area contributed by atoms with Crippen LogP contribution in [0.2, 0.25) is 0 Å². The Morgan fingerprint density at radius 1 is 1.42 bits per heavy atom. The minimum Gasteiger partial charge on any atom is -0.461 e. The third-order valence-electron chi connectivity index (χ3n) is 4.33. The molecule has 1 aliphatic rings. The van der Waals surface area contributed by atoms with Crippen LogP contribution in [0.15, 0.2) is 41.3 Å². The van der Waals surface area contributed by atoms with Crippen molar-refractivity contribution >= 4 is 16.9 Å². The molecule has 0 radical (unpaired) electrons. The lowest BCUT2D eigenvalue weighted by atomic mass is 10.1. The number of benzene rings is 1. The first kappa shape index (κ1) is 14.9. The molecule has 0 unspecified atom stereocenters. The minimum absolute atomic E-state index is 0.0889. The molecule has 1 aromatic carbocycles.